The molecule has 0 aromatic heterocycles. The number of hydrogen-bond acceptors (Lipinski definition) is 7. The zero-order valence-corrected chi connectivity index (χ0v) is 23.8. The first-order valence-corrected chi connectivity index (χ1v) is 8.30. The minimum atomic E-state index is -1.61. The molecule has 10 heteroatoms. The molecule has 0 N–H and O–H groups in total. The second-order valence-corrected chi connectivity index (χ2v) is 6.21. The molecule has 0 fully saturated rings. The maximum absolute atomic E-state index is 11.2. The van der Waals surface area contributed by atoms with Gasteiger partial charge in [0.1, 0.15) is 0 Å². The van der Waals surface area contributed by atoms with Gasteiger partial charge in [-0.3, -0.25) is 4.90 Å². The van der Waals surface area contributed by atoms with Crippen LogP contribution in [0.15, 0.2) is 42.5 Å². The van der Waals surface area contributed by atoms with Crippen molar-refractivity contribution in [2.45, 2.75) is 26.4 Å². The van der Waals surface area contributed by atoms with Crippen LogP contribution >= 0.6 is 0 Å². The fraction of sp³-hybridized carbons (Fsp3) is 0.250. The monoisotopic (exact) mass is 437 g/mol. The second kappa shape index (κ2) is 15.6. The van der Waals surface area contributed by atoms with Crippen LogP contribution in [0.4, 0.5) is 0 Å². The van der Waals surface area contributed by atoms with Crippen LogP contribution in [0.3, 0.4) is 0 Å². The van der Waals surface area contributed by atoms with Gasteiger partial charge in [-0.1, -0.05) is 36.4 Å². The van der Waals surface area contributed by atoms with E-state index in [1.165, 1.54) is 12.1 Å². The molecule has 142 valence electrons. The van der Waals surface area contributed by atoms with Crippen molar-refractivity contribution in [2.75, 3.05) is 6.54 Å². The molecule has 2 rings (SSSR count). The molecule has 0 atom stereocenters. The van der Waals surface area contributed by atoms with Crippen molar-refractivity contribution >= 4 is 17.9 Å². The fourth-order valence-corrected chi connectivity index (χ4v) is 2.79. The first-order valence-electron chi connectivity index (χ1n) is 8.30. The Labute approximate surface area is 241 Å². The molecule has 0 unspecified atom stereocenters. The van der Waals surface area contributed by atoms with Crippen LogP contribution in [-0.2, 0) is 17.9 Å². The van der Waals surface area contributed by atoms with Crippen LogP contribution in [0.1, 0.15) is 43.8 Å². The Morgan fingerprint density at radius 2 is 1.43 bits per heavy atom. The number of carboxylic acids is 3. The van der Waals surface area contributed by atoms with Gasteiger partial charge in [-0.05, 0) is 36.1 Å². The van der Waals surface area contributed by atoms with Crippen molar-refractivity contribution in [1.29, 1.82) is 0 Å². The average Bonchev–Trinajstić information content (AvgIpc) is 2.61. The smallest absolute Gasteiger partial charge is 0.550 e. The van der Waals surface area contributed by atoms with Gasteiger partial charge in [0.2, 0.25) is 0 Å². The minimum absolute atomic E-state index is 0. The van der Waals surface area contributed by atoms with E-state index >= 15 is 0 Å². The Bertz CT molecular complexity index is 875. The molecule has 2 aromatic rings. The van der Waals surface area contributed by atoms with Gasteiger partial charge >= 0.3 is 88.7 Å². The summed E-state index contributed by atoms with van der Waals surface area (Å²) in [6, 6.07) is 11.5. The summed E-state index contributed by atoms with van der Waals surface area (Å²) in [6.07, 6.45) is -0.184. The molecule has 0 heterocycles. The number of aromatic carboxylic acids is 2. The molecule has 0 aliphatic carbocycles. The van der Waals surface area contributed by atoms with Crippen LogP contribution < -0.4 is 104 Å². The van der Waals surface area contributed by atoms with Crippen LogP contribution in [0, 0.1) is 6.92 Å². The topological polar surface area (TPSA) is 124 Å². The molecule has 0 radical (unpaired) electrons. The van der Waals surface area contributed by atoms with Crippen molar-refractivity contribution in [3.63, 3.8) is 0 Å². The molecule has 2 aromatic carbocycles. The normalized spacial score (nSPS) is 9.67. The summed E-state index contributed by atoms with van der Waals surface area (Å²) in [5.41, 5.74) is 1.63. The van der Waals surface area contributed by atoms with Gasteiger partial charge in [0, 0.05) is 36.7 Å². The summed E-state index contributed by atoms with van der Waals surface area (Å²) >= 11 is 0. The Morgan fingerprint density at radius 3 is 1.97 bits per heavy atom. The number of carbonyl (C=O) groups is 3. The molecule has 0 saturated heterocycles. The van der Waals surface area contributed by atoms with Crippen molar-refractivity contribution in [3.8, 4) is 0 Å². The number of hydrogen-bond donors (Lipinski definition) is 0. The Kier molecular flexibility index (Phi) is 16.6. The van der Waals surface area contributed by atoms with Gasteiger partial charge < -0.3 is 29.7 Å². The number of rotatable bonds is 9. The summed E-state index contributed by atoms with van der Waals surface area (Å²) < 4.78 is 0. The van der Waals surface area contributed by atoms with Gasteiger partial charge in [0.25, 0.3) is 0 Å². The first-order chi connectivity index (χ1) is 12.8. The molecule has 0 aliphatic heterocycles. The quantitative estimate of drug-likeness (QED) is 0.357. The minimum Gasteiger partial charge on any atom is -0.550 e. The molecular formula is C20H18NNa3O6. The molecule has 30 heavy (non-hydrogen) atoms. The van der Waals surface area contributed by atoms with Gasteiger partial charge in [0.05, 0.1) is 11.9 Å². The zero-order valence-electron chi connectivity index (χ0n) is 17.8. The molecule has 0 saturated carbocycles. The van der Waals surface area contributed by atoms with Gasteiger partial charge in [-0.15, -0.1) is 0 Å². The largest absolute Gasteiger partial charge is 1.00 e. The van der Waals surface area contributed by atoms with Crippen molar-refractivity contribution in [2.24, 2.45) is 0 Å². The van der Waals surface area contributed by atoms with Crippen LogP contribution in [0.5, 0.6) is 0 Å². The predicted octanol–water partition coefficient (Wildman–Crippen LogP) is -10.1. The number of nitrogens with zero attached hydrogens (tertiary/aromatic N) is 1. The van der Waals surface area contributed by atoms with E-state index in [0.29, 0.717) is 12.1 Å². The van der Waals surface area contributed by atoms with E-state index in [2.05, 4.69) is 0 Å². The molecule has 0 aliphatic rings. The summed E-state index contributed by atoms with van der Waals surface area (Å²) in [4.78, 5) is 34.9. The molecular weight excluding hydrogens is 419 g/mol. The van der Waals surface area contributed by atoms with Crippen LogP contribution in [0.25, 0.3) is 0 Å². The summed E-state index contributed by atoms with van der Waals surface area (Å²) in [7, 11) is 0. The number of aryl methyl sites for hydroxylation is 1. The van der Waals surface area contributed by atoms with Crippen molar-refractivity contribution in [3.05, 3.63) is 70.3 Å². The van der Waals surface area contributed by atoms with Gasteiger partial charge in [-0.2, -0.15) is 0 Å². The third-order valence-corrected chi connectivity index (χ3v) is 4.22. The fourth-order valence-electron chi connectivity index (χ4n) is 2.79. The number of aliphatic carboxylic acids is 1. The van der Waals surface area contributed by atoms with E-state index in [1.807, 2.05) is 36.1 Å². The number of carboxylic acid groups (broad SMARTS) is 3. The molecule has 0 bridgehead atoms. The molecule has 0 amide bonds. The molecule has 7 nitrogen and oxygen atoms in total. The van der Waals surface area contributed by atoms with Crippen molar-refractivity contribution < 1.29 is 118 Å². The standard InChI is InChI=1S/C20H21NO6.3Na/c1-13-4-2-3-5-15(13)12-21(9-8-18(22)23)11-14-6-7-16(19(24)25)17(10-14)20(26)27;;;/h2-7,10H,8-9,11-12H2,1H3,(H,22,23)(H,24,25)(H,26,27);;;/q;3*+1/p-3. The van der Waals surface area contributed by atoms with E-state index in [9.17, 15) is 29.7 Å². The van der Waals surface area contributed by atoms with Crippen molar-refractivity contribution in [1.82, 2.24) is 4.90 Å². The van der Waals surface area contributed by atoms with E-state index < -0.39 is 29.0 Å². The maximum atomic E-state index is 11.2. The Hall–Kier alpha value is -0.190. The van der Waals surface area contributed by atoms with Gasteiger partial charge in [-0.25, -0.2) is 0 Å². The third-order valence-electron chi connectivity index (χ3n) is 4.22. The summed E-state index contributed by atoms with van der Waals surface area (Å²) in [5.74, 6) is -4.40. The number of benzene rings is 2. The first kappa shape index (κ1) is 32.0. The van der Waals surface area contributed by atoms with E-state index in [0.717, 1.165) is 17.2 Å². The third kappa shape index (κ3) is 9.96. The van der Waals surface area contributed by atoms with Crippen LogP contribution in [-0.4, -0.2) is 29.4 Å². The zero-order chi connectivity index (χ0) is 20.0. The Morgan fingerprint density at radius 1 is 0.833 bits per heavy atom. The second-order valence-electron chi connectivity index (χ2n) is 6.21. The van der Waals surface area contributed by atoms with Gasteiger partial charge in [0.15, 0.2) is 0 Å². The average molecular weight is 437 g/mol. The Balaban J connectivity index is 0. The summed E-state index contributed by atoms with van der Waals surface area (Å²) in [5, 5.41) is 33.1. The van der Waals surface area contributed by atoms with E-state index in [1.54, 1.807) is 0 Å². The van der Waals surface area contributed by atoms with E-state index in [-0.39, 0.29) is 108 Å². The summed E-state index contributed by atoms with van der Waals surface area (Å²) in [6.45, 7) is 2.81. The molecule has 0 spiro atoms. The predicted molar refractivity (Wildman–Crippen MR) is 90.0 cm³/mol. The maximum Gasteiger partial charge on any atom is 1.00 e. The number of carbonyl (C=O) groups excluding carboxylic acids is 3. The van der Waals surface area contributed by atoms with Crippen LogP contribution in [0.2, 0.25) is 0 Å². The SMILES string of the molecule is Cc1ccccc1CN(CCC(=O)[O-])Cc1ccc(C(=O)[O-])c(C(=O)[O-])c1.[Na+].[Na+].[Na+]. The van der Waals surface area contributed by atoms with E-state index in [4.69, 9.17) is 0 Å².